The molecule has 38 heavy (non-hydrogen) atoms. The van der Waals surface area contributed by atoms with Crippen molar-refractivity contribution in [2.45, 2.75) is 65.6 Å². The Morgan fingerprint density at radius 1 is 1.26 bits per heavy atom. The molecular weight excluding hydrogens is 524 g/mol. The van der Waals surface area contributed by atoms with Gasteiger partial charge in [-0.2, -0.15) is 11.3 Å². The van der Waals surface area contributed by atoms with Gasteiger partial charge in [-0.05, 0) is 81.0 Å². The van der Waals surface area contributed by atoms with Crippen LogP contribution in [-0.2, 0) is 6.54 Å². The van der Waals surface area contributed by atoms with Gasteiger partial charge in [-0.25, -0.2) is 9.78 Å². The van der Waals surface area contributed by atoms with Gasteiger partial charge in [0.2, 0.25) is 5.88 Å². The summed E-state index contributed by atoms with van der Waals surface area (Å²) in [7, 11) is 0. The number of amides is 3. The predicted molar refractivity (Wildman–Crippen MR) is 150 cm³/mol. The molecule has 1 fully saturated rings. The van der Waals surface area contributed by atoms with Crippen molar-refractivity contribution in [3.05, 3.63) is 62.2 Å². The van der Waals surface area contributed by atoms with E-state index in [-0.39, 0.29) is 18.0 Å². The lowest BCUT2D eigenvalue weighted by Gasteiger charge is -2.40. The fourth-order valence-electron chi connectivity index (χ4n) is 4.98. The van der Waals surface area contributed by atoms with Crippen molar-refractivity contribution in [3.8, 4) is 0 Å². The second kappa shape index (κ2) is 12.7. The zero-order valence-electron chi connectivity index (χ0n) is 22.3. The van der Waals surface area contributed by atoms with Crippen LogP contribution in [0.1, 0.15) is 59.1 Å². The van der Waals surface area contributed by atoms with E-state index in [1.54, 1.807) is 30.4 Å². The van der Waals surface area contributed by atoms with Crippen LogP contribution in [0, 0.1) is 20.8 Å². The molecule has 1 aliphatic rings. The summed E-state index contributed by atoms with van der Waals surface area (Å²) in [6.45, 7) is 10.6. The smallest absolute Gasteiger partial charge is 0.324 e. The first-order valence-electron chi connectivity index (χ1n) is 12.9. The molecule has 4 heterocycles. The molecule has 9 nitrogen and oxygen atoms in total. The van der Waals surface area contributed by atoms with Crippen molar-refractivity contribution in [1.29, 1.82) is 0 Å². The van der Waals surface area contributed by atoms with Crippen molar-refractivity contribution in [2.75, 3.05) is 25.0 Å². The van der Waals surface area contributed by atoms with Gasteiger partial charge in [-0.3, -0.25) is 10.1 Å². The summed E-state index contributed by atoms with van der Waals surface area (Å²) in [5.41, 5.74) is 3.89. The van der Waals surface area contributed by atoms with Gasteiger partial charge in [0.15, 0.2) is 0 Å². The lowest BCUT2D eigenvalue weighted by atomic mass is 10.0. The van der Waals surface area contributed by atoms with Crippen molar-refractivity contribution < 1.29 is 14.1 Å². The molecule has 1 unspecified atom stereocenters. The molecular formula is C27H35ClN6O3S. The summed E-state index contributed by atoms with van der Waals surface area (Å²) in [6.07, 6.45) is 2.58. The van der Waals surface area contributed by atoms with E-state index in [4.69, 9.17) is 16.1 Å². The Morgan fingerprint density at radius 3 is 2.66 bits per heavy atom. The molecule has 3 aromatic heterocycles. The summed E-state index contributed by atoms with van der Waals surface area (Å²) in [5.74, 6) is 0.239. The van der Waals surface area contributed by atoms with Crippen LogP contribution in [0.15, 0.2) is 33.5 Å². The third-order valence-electron chi connectivity index (χ3n) is 7.06. The van der Waals surface area contributed by atoms with Crippen LogP contribution < -0.4 is 10.6 Å². The predicted octanol–water partition coefficient (Wildman–Crippen LogP) is 5.42. The first-order chi connectivity index (χ1) is 18.2. The van der Waals surface area contributed by atoms with Gasteiger partial charge in [0.05, 0.1) is 17.0 Å². The zero-order chi connectivity index (χ0) is 27.2. The molecule has 11 heteroatoms. The number of rotatable bonds is 9. The number of halogens is 1. The number of thiophene rings is 1. The maximum atomic E-state index is 13.2. The molecule has 0 aromatic carbocycles. The number of piperidine rings is 1. The van der Waals surface area contributed by atoms with E-state index >= 15 is 0 Å². The Morgan fingerprint density at radius 2 is 2.03 bits per heavy atom. The number of hydrogen-bond donors (Lipinski definition) is 2. The van der Waals surface area contributed by atoms with Crippen LogP contribution in [0.3, 0.4) is 0 Å². The van der Waals surface area contributed by atoms with Crippen LogP contribution >= 0.6 is 22.9 Å². The minimum atomic E-state index is -0.177. The van der Waals surface area contributed by atoms with Gasteiger partial charge in [0, 0.05) is 44.3 Å². The van der Waals surface area contributed by atoms with Crippen LogP contribution in [0.25, 0.3) is 0 Å². The number of aryl methyl sites for hydroxylation is 3. The molecule has 1 atom stereocenters. The van der Waals surface area contributed by atoms with Crippen LogP contribution in [0.5, 0.6) is 0 Å². The average Bonchev–Trinajstić information content (AvgIpc) is 3.53. The number of likely N-dealkylation sites (tertiary alicyclic amines) is 1. The fraction of sp³-hybridized carbons (Fsp3) is 0.481. The van der Waals surface area contributed by atoms with E-state index in [9.17, 15) is 9.59 Å². The Bertz CT molecular complexity index is 1220. The topological polar surface area (TPSA) is 104 Å². The maximum Gasteiger partial charge on any atom is 0.324 e. The second-order valence-electron chi connectivity index (χ2n) is 9.91. The van der Waals surface area contributed by atoms with Gasteiger partial charge < -0.3 is 19.6 Å². The van der Waals surface area contributed by atoms with E-state index in [2.05, 4.69) is 44.0 Å². The lowest BCUT2D eigenvalue weighted by molar-refractivity contribution is 0.0918. The van der Waals surface area contributed by atoms with E-state index < -0.39 is 0 Å². The van der Waals surface area contributed by atoms with E-state index in [0.29, 0.717) is 41.4 Å². The molecule has 3 amide bonds. The summed E-state index contributed by atoms with van der Waals surface area (Å²) in [4.78, 5) is 34.5. The average molecular weight is 559 g/mol. The Labute approximate surface area is 232 Å². The highest BCUT2D eigenvalue weighted by molar-refractivity contribution is 7.07. The molecule has 0 spiro atoms. The zero-order valence-corrected chi connectivity index (χ0v) is 23.9. The maximum absolute atomic E-state index is 13.2. The number of nitrogens with zero attached hydrogens (tertiary/aromatic N) is 4. The third-order valence-corrected chi connectivity index (χ3v) is 7.98. The minimum Gasteiger partial charge on any atom is -0.352 e. The monoisotopic (exact) mass is 558 g/mol. The van der Waals surface area contributed by atoms with Crippen LogP contribution in [-0.4, -0.2) is 63.6 Å². The number of carbonyl (C=O) groups excluding carboxylic acids is 2. The summed E-state index contributed by atoms with van der Waals surface area (Å²) in [5, 5.41) is 14.3. The highest BCUT2D eigenvalue weighted by atomic mass is 35.5. The van der Waals surface area contributed by atoms with E-state index in [1.807, 2.05) is 24.1 Å². The molecule has 0 radical (unpaired) electrons. The number of hydrogen-bond acceptors (Lipinski definition) is 7. The van der Waals surface area contributed by atoms with E-state index in [0.717, 1.165) is 49.2 Å². The molecule has 1 aliphatic heterocycles. The molecule has 2 N–H and O–H groups in total. The number of anilines is 1. The Balaban J connectivity index is 1.29. The van der Waals surface area contributed by atoms with Gasteiger partial charge in [0.1, 0.15) is 5.15 Å². The van der Waals surface area contributed by atoms with Crippen molar-refractivity contribution >= 4 is 40.8 Å². The largest absolute Gasteiger partial charge is 0.352 e. The van der Waals surface area contributed by atoms with Crippen LogP contribution in [0.2, 0.25) is 5.15 Å². The van der Waals surface area contributed by atoms with Crippen molar-refractivity contribution in [3.63, 3.8) is 0 Å². The Kier molecular flexibility index (Phi) is 9.40. The standard InChI is InChI=1S/C27H35ClN6O3S/c1-17-13-23(28)30-20(4)25(17)26(35)29-9-5-19(3)33-10-6-22(7-11-33)34(15-21-8-12-38-16-21)27(36)31-24-14-18(2)32-37-24/h8,12-14,16,19,22H,5-7,9-11,15H2,1-4H3,(H,29,35)(H,31,36). The van der Waals surface area contributed by atoms with Crippen LogP contribution in [0.4, 0.5) is 10.7 Å². The first-order valence-corrected chi connectivity index (χ1v) is 14.2. The minimum absolute atomic E-state index is 0.116. The highest BCUT2D eigenvalue weighted by Gasteiger charge is 2.30. The van der Waals surface area contributed by atoms with Gasteiger partial charge in [-0.15, -0.1) is 0 Å². The van der Waals surface area contributed by atoms with Gasteiger partial charge >= 0.3 is 6.03 Å². The SMILES string of the molecule is Cc1cc(NC(=O)N(Cc2ccsc2)C2CCN(C(C)CCNC(=O)c3c(C)cc(Cl)nc3C)CC2)on1. The second-order valence-corrected chi connectivity index (χ2v) is 11.1. The quantitative estimate of drug-likeness (QED) is 0.340. The Hall–Kier alpha value is -2.95. The molecule has 4 rings (SSSR count). The van der Waals surface area contributed by atoms with Gasteiger partial charge in [-0.1, -0.05) is 16.8 Å². The van der Waals surface area contributed by atoms with Crippen molar-refractivity contribution in [1.82, 2.24) is 25.3 Å². The highest BCUT2D eigenvalue weighted by Crippen LogP contribution is 2.24. The van der Waals surface area contributed by atoms with E-state index in [1.165, 1.54) is 0 Å². The molecule has 0 saturated carbocycles. The summed E-state index contributed by atoms with van der Waals surface area (Å²) in [6, 6.07) is 5.73. The number of urea groups is 1. The van der Waals surface area contributed by atoms with Gasteiger partial charge in [0.25, 0.3) is 5.91 Å². The lowest BCUT2D eigenvalue weighted by Crippen LogP contribution is -2.50. The molecule has 0 bridgehead atoms. The first kappa shape index (κ1) is 28.1. The summed E-state index contributed by atoms with van der Waals surface area (Å²) < 4.78 is 5.20. The van der Waals surface area contributed by atoms with Crippen molar-refractivity contribution in [2.24, 2.45) is 0 Å². The fourth-order valence-corrected chi connectivity index (χ4v) is 5.93. The number of aromatic nitrogens is 2. The number of carbonyl (C=O) groups is 2. The third kappa shape index (κ3) is 7.12. The molecule has 1 saturated heterocycles. The molecule has 3 aromatic rings. The summed E-state index contributed by atoms with van der Waals surface area (Å²) >= 11 is 7.63. The normalized spacial score (nSPS) is 15.3. The molecule has 0 aliphatic carbocycles. The number of nitrogens with one attached hydrogen (secondary N) is 2. The number of pyridine rings is 1. The molecule has 204 valence electrons.